The maximum atomic E-state index is 5.92. The molecule has 1 aromatic rings. The van der Waals surface area contributed by atoms with Gasteiger partial charge in [-0.1, -0.05) is 38.4 Å². The molecule has 0 saturated carbocycles. The Morgan fingerprint density at radius 1 is 1.20 bits per heavy atom. The first kappa shape index (κ1) is 16.3. The van der Waals surface area contributed by atoms with Crippen molar-refractivity contribution in [3.63, 3.8) is 0 Å². The molecule has 91 valence electrons. The van der Waals surface area contributed by atoms with Crippen LogP contribution < -0.4 is 0 Å². The molecule has 0 aliphatic rings. The van der Waals surface area contributed by atoms with E-state index in [0.29, 0.717) is 0 Å². The summed E-state index contributed by atoms with van der Waals surface area (Å²) in [5, 5.41) is 0.837. The summed E-state index contributed by atoms with van der Waals surface area (Å²) in [6.07, 6.45) is 0. The average Bonchev–Trinajstić information content (AvgIpc) is 2.09. The molecule has 0 nitrogen and oxygen atoms in total. The molecule has 15 heavy (non-hydrogen) atoms. The van der Waals surface area contributed by atoms with E-state index in [4.69, 9.17) is 11.6 Å². The summed E-state index contributed by atoms with van der Waals surface area (Å²) < 4.78 is 1.13. The molecule has 0 aliphatic carbocycles. The minimum atomic E-state index is 0.213. The molecular weight excluding hydrogens is 417 g/mol. The third kappa shape index (κ3) is 6.60. The maximum absolute atomic E-state index is 5.92. The number of halogens is 4. The van der Waals surface area contributed by atoms with Crippen LogP contribution in [0, 0.1) is 3.57 Å². The molecule has 0 bridgehead atoms. The van der Waals surface area contributed by atoms with Gasteiger partial charge in [0.1, 0.15) is 0 Å². The van der Waals surface area contributed by atoms with Gasteiger partial charge in [0, 0.05) is 3.57 Å². The van der Waals surface area contributed by atoms with Crippen molar-refractivity contribution in [3.05, 3.63) is 32.4 Å². The van der Waals surface area contributed by atoms with E-state index in [2.05, 4.69) is 75.7 Å². The van der Waals surface area contributed by atoms with Crippen LogP contribution in [0.4, 0.5) is 0 Å². The van der Waals surface area contributed by atoms with Gasteiger partial charge in [0.05, 0.1) is 5.02 Å². The molecule has 0 unspecified atom stereocenters. The summed E-state index contributed by atoms with van der Waals surface area (Å²) in [4.78, 5) is 0. The first-order valence-electron chi connectivity index (χ1n) is 4.09. The van der Waals surface area contributed by atoms with Crippen LogP contribution in [-0.2, 0) is 18.5 Å². The van der Waals surface area contributed by atoms with E-state index in [0.717, 1.165) is 21.7 Å². The number of rotatable bonds is 0. The standard InChI is InChI=1S/C10H12ClI.2ClH.Cu/c1-10(2,3)7-4-5-8(11)9(12)6-7;;;/h4-6H,1-3H3;2*1H;/q;;;+2/p-2. The van der Waals surface area contributed by atoms with E-state index in [1.54, 1.807) is 0 Å². The Morgan fingerprint density at radius 3 is 2.00 bits per heavy atom. The van der Waals surface area contributed by atoms with Crippen LogP contribution in [0.2, 0.25) is 5.02 Å². The van der Waals surface area contributed by atoms with Gasteiger partial charge in [-0.15, -0.1) is 0 Å². The molecule has 0 atom stereocenters. The Hall–Kier alpha value is 1.34. The molecule has 0 amide bonds. The number of hydrogen-bond donors (Lipinski definition) is 0. The van der Waals surface area contributed by atoms with Gasteiger partial charge in [-0.3, -0.25) is 0 Å². The van der Waals surface area contributed by atoms with Crippen LogP contribution in [0.1, 0.15) is 26.3 Å². The molecule has 0 saturated heterocycles. The van der Waals surface area contributed by atoms with Crippen LogP contribution in [0.3, 0.4) is 0 Å². The van der Waals surface area contributed by atoms with Gasteiger partial charge in [0.15, 0.2) is 0 Å². The molecule has 1 rings (SSSR count). The summed E-state index contributed by atoms with van der Waals surface area (Å²) in [5.41, 5.74) is 1.54. The Morgan fingerprint density at radius 2 is 1.67 bits per heavy atom. The van der Waals surface area contributed by atoms with E-state index in [1.165, 1.54) is 5.56 Å². The van der Waals surface area contributed by atoms with Crippen LogP contribution >= 0.6 is 54.4 Å². The van der Waals surface area contributed by atoms with Crippen molar-refractivity contribution >= 4 is 54.4 Å². The summed E-state index contributed by atoms with van der Waals surface area (Å²) in [5.74, 6) is 0. The Labute approximate surface area is 125 Å². The normalized spacial score (nSPS) is 10.9. The van der Waals surface area contributed by atoms with Crippen LogP contribution in [0.5, 0.6) is 0 Å². The SMILES string of the molecule is CC(C)(C)c1ccc(Cl)c(I)c1.[Cl][Cu][Cl]. The predicted molar refractivity (Wildman–Crippen MR) is 74.6 cm³/mol. The van der Waals surface area contributed by atoms with Crippen LogP contribution in [0.15, 0.2) is 18.2 Å². The monoisotopic (exact) mass is 427 g/mol. The third-order valence-electron chi connectivity index (χ3n) is 1.79. The fourth-order valence-electron chi connectivity index (χ4n) is 0.963. The van der Waals surface area contributed by atoms with Crippen molar-refractivity contribution in [2.24, 2.45) is 0 Å². The molecule has 0 aliphatic heterocycles. The predicted octanol–water partition coefficient (Wildman–Crippen LogP) is 5.62. The zero-order valence-electron chi connectivity index (χ0n) is 8.55. The quantitative estimate of drug-likeness (QED) is 0.371. The number of benzene rings is 1. The molecule has 0 fully saturated rings. The summed E-state index contributed by atoms with van der Waals surface area (Å²) in [6, 6.07) is 6.19. The second kappa shape index (κ2) is 7.62. The van der Waals surface area contributed by atoms with Gasteiger partial charge in [-0.25, -0.2) is 0 Å². The van der Waals surface area contributed by atoms with E-state index < -0.39 is 0 Å². The molecule has 0 spiro atoms. The van der Waals surface area contributed by atoms with Crippen molar-refractivity contribution in [1.82, 2.24) is 0 Å². The van der Waals surface area contributed by atoms with Crippen molar-refractivity contribution in [3.8, 4) is 0 Å². The van der Waals surface area contributed by atoms with Crippen LogP contribution in [-0.4, -0.2) is 0 Å². The summed E-state index contributed by atoms with van der Waals surface area (Å²) in [6.45, 7) is 6.60. The van der Waals surface area contributed by atoms with E-state index in [-0.39, 0.29) is 5.41 Å². The fraction of sp³-hybridized carbons (Fsp3) is 0.400. The van der Waals surface area contributed by atoms with Crippen molar-refractivity contribution in [2.45, 2.75) is 26.2 Å². The molecular formula is C10H12Cl3CuI. The molecule has 0 N–H and O–H groups in total. The van der Waals surface area contributed by atoms with E-state index >= 15 is 0 Å². The van der Waals surface area contributed by atoms with Gasteiger partial charge in [-0.05, 0) is 45.7 Å². The first-order chi connectivity index (χ1) is 6.82. The second-order valence-corrected chi connectivity index (χ2v) is 7.05. The molecule has 0 radical (unpaired) electrons. The van der Waals surface area contributed by atoms with E-state index in [1.807, 2.05) is 6.07 Å². The van der Waals surface area contributed by atoms with Crippen molar-refractivity contribution in [2.75, 3.05) is 0 Å². The van der Waals surface area contributed by atoms with Gasteiger partial charge < -0.3 is 0 Å². The van der Waals surface area contributed by atoms with Gasteiger partial charge in [0.25, 0.3) is 0 Å². The third-order valence-corrected chi connectivity index (χ3v) is 3.33. The number of hydrogen-bond acceptors (Lipinski definition) is 0. The molecule has 0 heterocycles. The zero-order valence-corrected chi connectivity index (χ0v) is 13.9. The Kier molecular flexibility index (Phi) is 8.31. The van der Waals surface area contributed by atoms with Crippen molar-refractivity contribution < 1.29 is 13.1 Å². The average molecular weight is 429 g/mol. The molecule has 5 heteroatoms. The van der Waals surface area contributed by atoms with Crippen LogP contribution in [0.25, 0.3) is 0 Å². The Balaban J connectivity index is 0.000000583. The van der Waals surface area contributed by atoms with Gasteiger partial charge in [0.2, 0.25) is 0 Å². The minimum absolute atomic E-state index is 0.213. The van der Waals surface area contributed by atoms with Gasteiger partial charge >= 0.3 is 33.3 Å². The van der Waals surface area contributed by atoms with Gasteiger partial charge in [-0.2, -0.15) is 0 Å². The molecule has 0 aromatic heterocycles. The topological polar surface area (TPSA) is 0 Å². The summed E-state index contributed by atoms with van der Waals surface area (Å²) >= 11 is 8.94. The summed E-state index contributed by atoms with van der Waals surface area (Å²) in [7, 11) is 9.34. The second-order valence-electron chi connectivity index (χ2n) is 3.92. The Bertz CT molecular complexity index is 310. The molecule has 1 aromatic carbocycles. The first-order valence-corrected chi connectivity index (χ1v) is 8.14. The van der Waals surface area contributed by atoms with E-state index in [9.17, 15) is 0 Å². The zero-order chi connectivity index (χ0) is 12.1. The fourth-order valence-corrected chi connectivity index (χ4v) is 1.60. The van der Waals surface area contributed by atoms with Crippen molar-refractivity contribution in [1.29, 1.82) is 0 Å².